The highest BCUT2D eigenvalue weighted by atomic mass is 19.4. The number of aliphatic hydroxyl groups is 2. The minimum Gasteiger partial charge on any atom is -0.507 e. The number of phenols is 1. The number of aromatic hydroxyl groups is 1. The predicted molar refractivity (Wildman–Crippen MR) is 140 cm³/mol. The fraction of sp³-hybridized carbons (Fsp3) is 0.367. The minimum absolute atomic E-state index is 0.0587. The molecule has 0 heterocycles. The van der Waals surface area contributed by atoms with Crippen LogP contribution in [0.4, 0.5) is 26.3 Å². The lowest BCUT2D eigenvalue weighted by molar-refractivity contribution is -0.189. The fourth-order valence-corrected chi connectivity index (χ4v) is 6.77. The van der Waals surface area contributed by atoms with Crippen LogP contribution >= 0.6 is 0 Å². The quantitative estimate of drug-likeness (QED) is 0.226. The van der Waals surface area contributed by atoms with Gasteiger partial charge in [-0.2, -0.15) is 26.3 Å². The topological polar surface area (TPSA) is 172 Å². The molecule has 7 atom stereocenters. The van der Waals surface area contributed by atoms with E-state index in [1.165, 1.54) is 19.1 Å². The van der Waals surface area contributed by atoms with Crippen LogP contribution in [0.1, 0.15) is 57.4 Å². The molecule has 15 heteroatoms. The van der Waals surface area contributed by atoms with Crippen LogP contribution in [0, 0.1) is 23.7 Å². The summed E-state index contributed by atoms with van der Waals surface area (Å²) in [5.74, 6) is -15.4. The number of hydrogen-bond acceptors (Lipinski definition) is 8. The van der Waals surface area contributed by atoms with Gasteiger partial charge in [-0.1, -0.05) is 31.2 Å². The van der Waals surface area contributed by atoms with E-state index in [9.17, 15) is 65.6 Å². The molecule has 0 aliphatic heterocycles. The number of benzene rings is 2. The van der Waals surface area contributed by atoms with Crippen molar-refractivity contribution >= 4 is 41.2 Å². The summed E-state index contributed by atoms with van der Waals surface area (Å²) in [6, 6.07) is 3.36. The lowest BCUT2D eigenvalue weighted by atomic mass is 9.50. The highest BCUT2D eigenvalue weighted by Gasteiger charge is 2.69. The Kier molecular flexibility index (Phi) is 7.36. The number of halogens is 6. The van der Waals surface area contributed by atoms with Gasteiger partial charge in [0.05, 0.1) is 28.7 Å². The third-order valence-electron chi connectivity index (χ3n) is 8.96. The fourth-order valence-electron chi connectivity index (χ4n) is 6.77. The van der Waals surface area contributed by atoms with Crippen LogP contribution < -0.4 is 5.73 Å². The number of nitrogens with two attached hydrogens (primary N) is 1. The van der Waals surface area contributed by atoms with Crippen LogP contribution in [-0.4, -0.2) is 56.1 Å². The lowest BCUT2D eigenvalue weighted by Gasteiger charge is -2.52. The van der Waals surface area contributed by atoms with Gasteiger partial charge >= 0.3 is 12.4 Å². The molecule has 0 radical (unpaired) electrons. The summed E-state index contributed by atoms with van der Waals surface area (Å²) in [4.78, 5) is 64.9. The molecular weight excluding hydrogens is 616 g/mol. The Morgan fingerprint density at radius 1 is 0.956 bits per heavy atom. The summed E-state index contributed by atoms with van der Waals surface area (Å²) in [7, 11) is 0. The molecule has 2 aromatic carbocycles. The summed E-state index contributed by atoms with van der Waals surface area (Å²) in [6.45, 7) is 1.47. The second-order valence-corrected chi connectivity index (χ2v) is 11.4. The van der Waals surface area contributed by atoms with Crippen molar-refractivity contribution < 1.29 is 65.6 Å². The number of carbonyl (C=O) groups excluding carboxylic acids is 5. The molecule has 5 rings (SSSR count). The zero-order valence-electron chi connectivity index (χ0n) is 22.9. The van der Waals surface area contributed by atoms with Gasteiger partial charge < -0.3 is 21.1 Å². The number of phenolic OH excluding ortho intramolecular Hbond substituents is 1. The van der Waals surface area contributed by atoms with Gasteiger partial charge in [0.15, 0.2) is 34.7 Å². The number of aliphatic hydroxyl groups excluding tert-OH is 1. The Morgan fingerprint density at radius 2 is 1.53 bits per heavy atom. The molecule has 0 saturated heterocycles. The number of amides is 1. The molecule has 5 N–H and O–H groups in total. The van der Waals surface area contributed by atoms with Crippen molar-refractivity contribution in [2.24, 2.45) is 29.4 Å². The second-order valence-electron chi connectivity index (χ2n) is 11.4. The van der Waals surface area contributed by atoms with Gasteiger partial charge in [-0.3, -0.25) is 24.0 Å². The van der Waals surface area contributed by atoms with E-state index in [2.05, 4.69) is 0 Å². The Morgan fingerprint density at radius 3 is 2.07 bits per heavy atom. The van der Waals surface area contributed by atoms with Crippen molar-refractivity contribution in [3.63, 3.8) is 0 Å². The van der Waals surface area contributed by atoms with E-state index in [1.807, 2.05) is 0 Å². The SMILES string of the molecule is C[C@H]1c2ccc(C=Cc3cc(C(F)(F)F)cc(C(F)(F)F)c3)c(O)c2C(=O)C2C(=O)[C@]3(O)C(=O)C(C(N)=O)C(=O)C[C@@H]3[C@@H](O)[C@@H]21. The Labute approximate surface area is 249 Å². The zero-order chi connectivity index (χ0) is 33.5. The molecule has 0 spiro atoms. The summed E-state index contributed by atoms with van der Waals surface area (Å²) >= 11 is 0. The molecule has 2 unspecified atom stereocenters. The molecule has 2 fully saturated rings. The Balaban J connectivity index is 1.57. The highest BCUT2D eigenvalue weighted by molar-refractivity contribution is 6.31. The smallest absolute Gasteiger partial charge is 0.416 e. The molecule has 45 heavy (non-hydrogen) atoms. The Hall–Kier alpha value is -4.37. The summed E-state index contributed by atoms with van der Waals surface area (Å²) in [5, 5.41) is 33.6. The molecule has 2 aromatic rings. The van der Waals surface area contributed by atoms with Crippen molar-refractivity contribution in [2.45, 2.75) is 43.3 Å². The van der Waals surface area contributed by atoms with E-state index in [1.54, 1.807) is 0 Å². The predicted octanol–water partition coefficient (Wildman–Crippen LogP) is 3.07. The van der Waals surface area contributed by atoms with Crippen LogP contribution in [0.3, 0.4) is 0 Å². The zero-order valence-corrected chi connectivity index (χ0v) is 22.9. The lowest BCUT2D eigenvalue weighted by Crippen LogP contribution is -2.72. The molecule has 0 aromatic heterocycles. The van der Waals surface area contributed by atoms with E-state index in [0.29, 0.717) is 12.1 Å². The first kappa shape index (κ1) is 32.0. The van der Waals surface area contributed by atoms with Gasteiger partial charge in [0.1, 0.15) is 5.75 Å². The first-order valence-electron chi connectivity index (χ1n) is 13.4. The monoisotopic (exact) mass is 639 g/mol. The summed E-state index contributed by atoms with van der Waals surface area (Å²) in [6.07, 6.45) is -11.0. The first-order chi connectivity index (χ1) is 20.7. The van der Waals surface area contributed by atoms with Crippen LogP contribution in [0.15, 0.2) is 30.3 Å². The van der Waals surface area contributed by atoms with Gasteiger partial charge in [0, 0.05) is 23.8 Å². The van der Waals surface area contributed by atoms with Gasteiger partial charge in [0.2, 0.25) is 5.91 Å². The van der Waals surface area contributed by atoms with Gasteiger partial charge in [-0.25, -0.2) is 0 Å². The molecular formula is C30H23F6NO8. The number of alkyl halides is 6. The van der Waals surface area contributed by atoms with Crippen molar-refractivity contribution in [3.8, 4) is 5.75 Å². The number of fused-ring (bicyclic) bond motifs is 3. The van der Waals surface area contributed by atoms with E-state index in [0.717, 1.165) is 12.2 Å². The average molecular weight is 640 g/mol. The van der Waals surface area contributed by atoms with E-state index >= 15 is 0 Å². The molecule has 1 amide bonds. The van der Waals surface area contributed by atoms with Crippen LogP contribution in [0.2, 0.25) is 0 Å². The molecule has 0 bridgehead atoms. The number of ketones is 4. The maximum atomic E-state index is 13.8. The van der Waals surface area contributed by atoms with Crippen molar-refractivity contribution in [1.29, 1.82) is 0 Å². The normalized spacial score (nSPS) is 30.2. The van der Waals surface area contributed by atoms with Crippen molar-refractivity contribution in [2.75, 3.05) is 0 Å². The highest BCUT2D eigenvalue weighted by Crippen LogP contribution is 2.54. The standard InChI is InChI=1S/C30H23F6NO8/c1-10-15-5-4-12(3-2-11-6-13(29(31,32)33)8-14(7-11)30(34,35)36)22(39)19(15)24(41)21-18(10)23(40)16-9-17(38)20(27(37)44)25(42)28(16,45)26(21)43/h2-8,10,16,18,20-21,23,39-40,45H,9H2,1H3,(H2,37,44)/t10-,16+,18+,20?,21?,23+,28+/m0/s1. The molecule has 2 saturated carbocycles. The summed E-state index contributed by atoms with van der Waals surface area (Å²) < 4.78 is 79.6. The third-order valence-corrected chi connectivity index (χ3v) is 8.96. The van der Waals surface area contributed by atoms with E-state index in [-0.39, 0.29) is 17.2 Å². The second kappa shape index (κ2) is 10.3. The maximum Gasteiger partial charge on any atom is 0.416 e. The molecule has 9 nitrogen and oxygen atoms in total. The number of carbonyl (C=O) groups is 5. The van der Waals surface area contributed by atoms with Crippen molar-refractivity contribution in [3.05, 3.63) is 63.7 Å². The van der Waals surface area contributed by atoms with Crippen LogP contribution in [0.5, 0.6) is 5.75 Å². The number of rotatable bonds is 3. The number of primary amides is 1. The van der Waals surface area contributed by atoms with Crippen LogP contribution in [0.25, 0.3) is 12.2 Å². The van der Waals surface area contributed by atoms with Crippen LogP contribution in [-0.2, 0) is 31.5 Å². The van der Waals surface area contributed by atoms with E-state index in [4.69, 9.17) is 5.73 Å². The summed E-state index contributed by atoms with van der Waals surface area (Å²) in [5.41, 5.74) is -2.32. The maximum absolute atomic E-state index is 13.8. The number of hydrogen-bond donors (Lipinski definition) is 4. The third kappa shape index (κ3) is 4.84. The van der Waals surface area contributed by atoms with Crippen molar-refractivity contribution in [1.82, 2.24) is 0 Å². The average Bonchev–Trinajstić information content (AvgIpc) is 2.93. The van der Waals surface area contributed by atoms with Gasteiger partial charge in [0.25, 0.3) is 0 Å². The van der Waals surface area contributed by atoms with Gasteiger partial charge in [-0.05, 0) is 35.2 Å². The number of Topliss-reactive ketones (excluding diaryl/α,β-unsaturated/α-hetero) is 4. The largest absolute Gasteiger partial charge is 0.507 e. The molecule has 3 aliphatic rings. The Bertz CT molecular complexity index is 1680. The minimum atomic E-state index is -5.11. The molecule has 238 valence electrons. The first-order valence-corrected chi connectivity index (χ1v) is 13.4. The van der Waals surface area contributed by atoms with E-state index < -0.39 is 117 Å². The van der Waals surface area contributed by atoms with Gasteiger partial charge in [-0.15, -0.1) is 0 Å². The molecule has 3 aliphatic carbocycles.